The molecule has 1 aromatic carbocycles. The molecule has 4 rings (SSSR count). The Morgan fingerprint density at radius 1 is 1.17 bits per heavy atom. The maximum Gasteiger partial charge on any atom is 0.251 e. The van der Waals surface area contributed by atoms with Gasteiger partial charge in [-0.15, -0.1) is 0 Å². The van der Waals surface area contributed by atoms with Gasteiger partial charge < -0.3 is 24.6 Å². The number of piperidine rings is 1. The number of nitrogens with zero attached hydrogens (tertiary/aromatic N) is 2. The lowest BCUT2D eigenvalue weighted by Gasteiger charge is -2.38. The molecule has 1 saturated carbocycles. The Morgan fingerprint density at radius 2 is 1.93 bits per heavy atom. The summed E-state index contributed by atoms with van der Waals surface area (Å²) in [4.78, 5) is 29.3. The number of likely N-dealkylation sites (tertiary alicyclic amines) is 1. The molecule has 0 bridgehead atoms. The third kappa shape index (κ3) is 5.73. The topological polar surface area (TPSA) is 71.1 Å². The second-order valence-corrected chi connectivity index (χ2v) is 8.86. The van der Waals surface area contributed by atoms with Crippen LogP contribution < -0.4 is 10.1 Å². The highest BCUT2D eigenvalue weighted by Gasteiger charge is 2.31. The highest BCUT2D eigenvalue weighted by atomic mass is 16.5. The van der Waals surface area contributed by atoms with Crippen LogP contribution in [0.2, 0.25) is 0 Å². The van der Waals surface area contributed by atoms with Gasteiger partial charge in [-0.05, 0) is 68.8 Å². The standard InChI is InChI=1S/C23H33N3O4/c1-29-20-4-2-3-19(11-20)23(28)24-12-21-15-26(22(27)16-30-21)14-18-7-9-25(10-8-18)13-17-5-6-17/h2-4,11,17-18,21H,5-10,12-16H2,1H3,(H,24,28). The van der Waals surface area contributed by atoms with Crippen molar-refractivity contribution in [1.82, 2.24) is 15.1 Å². The van der Waals surface area contributed by atoms with E-state index in [-0.39, 0.29) is 24.5 Å². The molecule has 0 spiro atoms. The molecular formula is C23H33N3O4. The van der Waals surface area contributed by atoms with Crippen molar-refractivity contribution in [3.63, 3.8) is 0 Å². The minimum absolute atomic E-state index is 0.0609. The molecule has 1 atom stereocenters. The summed E-state index contributed by atoms with van der Waals surface area (Å²) in [6, 6.07) is 7.07. The first-order valence-corrected chi connectivity index (χ1v) is 11.1. The van der Waals surface area contributed by atoms with E-state index in [0.717, 1.165) is 38.4 Å². The molecule has 7 nitrogen and oxygen atoms in total. The van der Waals surface area contributed by atoms with E-state index in [0.29, 0.717) is 30.3 Å². The number of ether oxygens (including phenoxy) is 2. The molecule has 7 heteroatoms. The third-order valence-electron chi connectivity index (χ3n) is 6.44. The predicted molar refractivity (Wildman–Crippen MR) is 114 cm³/mol. The lowest BCUT2D eigenvalue weighted by molar-refractivity contribution is -0.149. The second-order valence-electron chi connectivity index (χ2n) is 8.86. The van der Waals surface area contributed by atoms with Crippen molar-refractivity contribution < 1.29 is 19.1 Å². The monoisotopic (exact) mass is 415 g/mol. The van der Waals surface area contributed by atoms with E-state index in [4.69, 9.17) is 9.47 Å². The van der Waals surface area contributed by atoms with Crippen LogP contribution in [0.1, 0.15) is 36.0 Å². The maximum absolute atomic E-state index is 12.4. The van der Waals surface area contributed by atoms with E-state index in [9.17, 15) is 9.59 Å². The van der Waals surface area contributed by atoms with Gasteiger partial charge in [0.15, 0.2) is 0 Å². The molecule has 0 aromatic heterocycles. The summed E-state index contributed by atoms with van der Waals surface area (Å²) in [5, 5.41) is 2.92. The van der Waals surface area contributed by atoms with Crippen molar-refractivity contribution in [1.29, 1.82) is 0 Å². The zero-order valence-corrected chi connectivity index (χ0v) is 17.8. The van der Waals surface area contributed by atoms with Crippen molar-refractivity contribution in [2.45, 2.75) is 31.8 Å². The molecule has 1 unspecified atom stereocenters. The fraction of sp³-hybridized carbons (Fsp3) is 0.652. The Bertz CT molecular complexity index is 744. The normalized spacial score (nSPS) is 23.4. The number of methoxy groups -OCH3 is 1. The van der Waals surface area contributed by atoms with Gasteiger partial charge in [-0.25, -0.2) is 0 Å². The quantitative estimate of drug-likeness (QED) is 0.701. The van der Waals surface area contributed by atoms with Crippen LogP contribution in [-0.2, 0) is 9.53 Å². The Morgan fingerprint density at radius 3 is 2.67 bits per heavy atom. The molecule has 2 aliphatic heterocycles. The molecule has 2 amide bonds. The number of hydrogen-bond acceptors (Lipinski definition) is 5. The molecule has 2 saturated heterocycles. The average Bonchev–Trinajstić information content (AvgIpc) is 3.59. The highest BCUT2D eigenvalue weighted by Crippen LogP contribution is 2.31. The zero-order chi connectivity index (χ0) is 20.9. The fourth-order valence-electron chi connectivity index (χ4n) is 4.38. The molecule has 30 heavy (non-hydrogen) atoms. The van der Waals surface area contributed by atoms with E-state index in [1.54, 1.807) is 31.4 Å². The van der Waals surface area contributed by atoms with E-state index in [1.165, 1.54) is 19.4 Å². The number of amides is 2. The van der Waals surface area contributed by atoms with Crippen LogP contribution in [0.3, 0.4) is 0 Å². The highest BCUT2D eigenvalue weighted by molar-refractivity contribution is 5.94. The first-order chi connectivity index (χ1) is 14.6. The summed E-state index contributed by atoms with van der Waals surface area (Å²) in [5.74, 6) is 2.05. The summed E-state index contributed by atoms with van der Waals surface area (Å²) in [5.41, 5.74) is 0.552. The van der Waals surface area contributed by atoms with E-state index >= 15 is 0 Å². The largest absolute Gasteiger partial charge is 0.497 e. The van der Waals surface area contributed by atoms with Crippen LogP contribution in [0, 0.1) is 11.8 Å². The SMILES string of the molecule is COc1cccc(C(=O)NCC2CN(CC3CCN(CC4CC4)CC3)C(=O)CO2)c1. The van der Waals surface area contributed by atoms with Crippen LogP contribution in [0.25, 0.3) is 0 Å². The summed E-state index contributed by atoms with van der Waals surface area (Å²) in [7, 11) is 1.58. The van der Waals surface area contributed by atoms with Crippen LogP contribution in [0.4, 0.5) is 0 Å². The summed E-state index contributed by atoms with van der Waals surface area (Å²) in [6.45, 7) is 5.40. The van der Waals surface area contributed by atoms with Gasteiger partial charge in [0.2, 0.25) is 5.91 Å². The molecule has 0 radical (unpaired) electrons. The third-order valence-corrected chi connectivity index (χ3v) is 6.44. The van der Waals surface area contributed by atoms with Gasteiger partial charge >= 0.3 is 0 Å². The fourth-order valence-corrected chi connectivity index (χ4v) is 4.38. The summed E-state index contributed by atoms with van der Waals surface area (Å²) >= 11 is 0. The zero-order valence-electron chi connectivity index (χ0n) is 17.8. The number of hydrogen-bond donors (Lipinski definition) is 1. The Kier molecular flexibility index (Phi) is 6.89. The van der Waals surface area contributed by atoms with Gasteiger partial charge in [0.25, 0.3) is 5.91 Å². The predicted octanol–water partition coefficient (Wildman–Crippen LogP) is 1.77. The van der Waals surface area contributed by atoms with Crippen LogP contribution in [0.15, 0.2) is 24.3 Å². The van der Waals surface area contributed by atoms with Crippen LogP contribution in [0.5, 0.6) is 5.75 Å². The van der Waals surface area contributed by atoms with Crippen molar-refractivity contribution in [2.75, 3.05) is 53.0 Å². The molecular weight excluding hydrogens is 382 g/mol. The smallest absolute Gasteiger partial charge is 0.251 e. The van der Waals surface area contributed by atoms with Gasteiger partial charge in [-0.1, -0.05) is 6.07 Å². The molecule has 1 aliphatic carbocycles. The van der Waals surface area contributed by atoms with Crippen molar-refractivity contribution in [3.05, 3.63) is 29.8 Å². The van der Waals surface area contributed by atoms with E-state index < -0.39 is 0 Å². The van der Waals surface area contributed by atoms with Crippen LogP contribution in [-0.4, -0.2) is 80.7 Å². The molecule has 3 aliphatic rings. The Hall–Kier alpha value is -2.12. The first-order valence-electron chi connectivity index (χ1n) is 11.1. The average molecular weight is 416 g/mol. The van der Waals surface area contributed by atoms with Crippen molar-refractivity contribution in [3.8, 4) is 5.75 Å². The number of nitrogens with one attached hydrogen (secondary N) is 1. The molecule has 1 N–H and O–H groups in total. The molecule has 1 aromatic rings. The number of morpholine rings is 1. The van der Waals surface area contributed by atoms with E-state index in [1.807, 2.05) is 4.90 Å². The van der Waals surface area contributed by atoms with Crippen molar-refractivity contribution in [2.24, 2.45) is 11.8 Å². The first kappa shape index (κ1) is 21.1. The molecule has 2 heterocycles. The van der Waals surface area contributed by atoms with Crippen LogP contribution >= 0.6 is 0 Å². The van der Waals surface area contributed by atoms with Gasteiger partial charge in [0.1, 0.15) is 12.4 Å². The number of rotatable bonds is 8. The molecule has 3 fully saturated rings. The Labute approximate surface area is 178 Å². The summed E-state index contributed by atoms with van der Waals surface area (Å²) in [6.07, 6.45) is 4.95. The number of carbonyl (C=O) groups is 2. The Balaban J connectivity index is 1.22. The molecule has 164 valence electrons. The lowest BCUT2D eigenvalue weighted by Crippen LogP contribution is -2.52. The van der Waals surface area contributed by atoms with Gasteiger partial charge in [0.05, 0.1) is 13.2 Å². The summed E-state index contributed by atoms with van der Waals surface area (Å²) < 4.78 is 10.8. The van der Waals surface area contributed by atoms with E-state index in [2.05, 4.69) is 10.2 Å². The lowest BCUT2D eigenvalue weighted by atomic mass is 9.95. The van der Waals surface area contributed by atoms with Gasteiger partial charge in [-0.2, -0.15) is 0 Å². The van der Waals surface area contributed by atoms with Gasteiger partial charge in [0, 0.05) is 31.7 Å². The minimum atomic E-state index is -0.174. The maximum atomic E-state index is 12.4. The second kappa shape index (κ2) is 9.79. The van der Waals surface area contributed by atoms with Crippen molar-refractivity contribution >= 4 is 11.8 Å². The number of benzene rings is 1. The number of carbonyl (C=O) groups excluding carboxylic acids is 2. The minimum Gasteiger partial charge on any atom is -0.497 e. The van der Waals surface area contributed by atoms with Gasteiger partial charge in [-0.3, -0.25) is 9.59 Å².